The van der Waals surface area contributed by atoms with Crippen LogP contribution in [0.25, 0.3) is 0 Å². The quantitative estimate of drug-likeness (QED) is 0.789. The van der Waals surface area contributed by atoms with Gasteiger partial charge in [0.15, 0.2) is 0 Å². The van der Waals surface area contributed by atoms with Crippen LogP contribution in [-0.4, -0.2) is 11.1 Å². The van der Waals surface area contributed by atoms with E-state index in [1.807, 2.05) is 26.8 Å². The smallest absolute Gasteiger partial charge is 0.335 e. The zero-order valence-electron chi connectivity index (χ0n) is 10.1. The second-order valence-corrected chi connectivity index (χ2v) is 4.89. The maximum Gasteiger partial charge on any atom is 0.335 e. The number of aromatic carboxylic acids is 1. The number of carboxylic acids is 1. The molecule has 0 aliphatic rings. The summed E-state index contributed by atoms with van der Waals surface area (Å²) in [4.78, 5) is 11.2. The lowest BCUT2D eigenvalue weighted by molar-refractivity contribution is 0.0694. The lowest BCUT2D eigenvalue weighted by atomic mass is 9.80. The summed E-state index contributed by atoms with van der Waals surface area (Å²) in [5, 5.41) is 9.20. The molecule has 0 atom stereocenters. The predicted octanol–water partition coefficient (Wildman–Crippen LogP) is 3.41. The molecule has 0 radical (unpaired) electrons. The monoisotopic (exact) mass is 218 g/mol. The predicted molar refractivity (Wildman–Crippen MR) is 66.0 cm³/mol. The highest BCUT2D eigenvalue weighted by atomic mass is 16.4. The second-order valence-electron chi connectivity index (χ2n) is 4.89. The van der Waals surface area contributed by atoms with Gasteiger partial charge in [0, 0.05) is 0 Å². The fourth-order valence-electron chi connectivity index (χ4n) is 1.99. The Bertz CT molecular complexity index is 411. The molecule has 0 saturated heterocycles. The van der Waals surface area contributed by atoms with Crippen LogP contribution in [0, 0.1) is 0 Å². The maximum atomic E-state index is 11.2. The number of carboxylic acid groups (broad SMARTS) is 1. The zero-order chi connectivity index (χ0) is 12.3. The molecule has 0 heterocycles. The molecule has 1 N–H and O–H groups in total. The van der Waals surface area contributed by atoms with Crippen LogP contribution in [0.2, 0.25) is 0 Å². The average molecular weight is 218 g/mol. The van der Waals surface area contributed by atoms with Gasteiger partial charge in [0.2, 0.25) is 0 Å². The van der Waals surface area contributed by atoms with E-state index in [0.717, 1.165) is 11.1 Å². The molecular weight excluding hydrogens is 200 g/mol. The Hall–Kier alpha value is -1.57. The fraction of sp³-hybridized carbons (Fsp3) is 0.357. The first-order chi connectivity index (χ1) is 7.38. The molecular formula is C14H18O2. The van der Waals surface area contributed by atoms with E-state index in [2.05, 4.69) is 6.58 Å². The van der Waals surface area contributed by atoms with Crippen LogP contribution in [0.3, 0.4) is 0 Å². The molecule has 0 saturated carbocycles. The third kappa shape index (κ3) is 2.51. The number of hydrogen-bond acceptors (Lipinski definition) is 1. The van der Waals surface area contributed by atoms with Gasteiger partial charge in [-0.1, -0.05) is 39.0 Å². The normalized spacial score (nSPS) is 11.2. The first kappa shape index (κ1) is 12.5. The first-order valence-electron chi connectivity index (χ1n) is 5.34. The van der Waals surface area contributed by atoms with E-state index in [1.54, 1.807) is 18.2 Å². The SMILES string of the molecule is C=CCc1cccc(C(=O)O)c1C(C)(C)C. The Kier molecular flexibility index (Phi) is 3.53. The molecule has 0 spiro atoms. The van der Waals surface area contributed by atoms with Crippen molar-refractivity contribution in [1.29, 1.82) is 0 Å². The summed E-state index contributed by atoms with van der Waals surface area (Å²) in [6.07, 6.45) is 2.50. The molecule has 86 valence electrons. The lowest BCUT2D eigenvalue weighted by Gasteiger charge is -2.24. The Labute approximate surface area is 96.6 Å². The minimum atomic E-state index is -0.865. The van der Waals surface area contributed by atoms with Crippen molar-refractivity contribution in [3.05, 3.63) is 47.5 Å². The van der Waals surface area contributed by atoms with E-state index in [1.165, 1.54) is 0 Å². The lowest BCUT2D eigenvalue weighted by Crippen LogP contribution is -2.19. The summed E-state index contributed by atoms with van der Waals surface area (Å²) < 4.78 is 0. The average Bonchev–Trinajstić information content (AvgIpc) is 2.16. The van der Waals surface area contributed by atoms with Crippen LogP contribution in [0.5, 0.6) is 0 Å². The van der Waals surface area contributed by atoms with Crippen molar-refractivity contribution in [2.75, 3.05) is 0 Å². The van der Waals surface area contributed by atoms with Gasteiger partial charge in [0.25, 0.3) is 0 Å². The Morgan fingerprint density at radius 3 is 2.50 bits per heavy atom. The van der Waals surface area contributed by atoms with Crippen molar-refractivity contribution in [1.82, 2.24) is 0 Å². The summed E-state index contributed by atoms with van der Waals surface area (Å²) in [7, 11) is 0. The summed E-state index contributed by atoms with van der Waals surface area (Å²) in [5.41, 5.74) is 2.17. The fourth-order valence-corrected chi connectivity index (χ4v) is 1.99. The second kappa shape index (κ2) is 4.52. The summed E-state index contributed by atoms with van der Waals surface area (Å²) in [6, 6.07) is 5.42. The van der Waals surface area contributed by atoms with E-state index >= 15 is 0 Å². The van der Waals surface area contributed by atoms with Gasteiger partial charge >= 0.3 is 5.97 Å². The zero-order valence-corrected chi connectivity index (χ0v) is 10.1. The van der Waals surface area contributed by atoms with Crippen molar-refractivity contribution in [3.63, 3.8) is 0 Å². The van der Waals surface area contributed by atoms with Gasteiger partial charge in [0.05, 0.1) is 5.56 Å². The number of benzene rings is 1. The molecule has 16 heavy (non-hydrogen) atoms. The van der Waals surface area contributed by atoms with E-state index < -0.39 is 5.97 Å². The van der Waals surface area contributed by atoms with Gasteiger partial charge in [-0.05, 0) is 29.0 Å². The van der Waals surface area contributed by atoms with Crippen LogP contribution in [0.4, 0.5) is 0 Å². The topological polar surface area (TPSA) is 37.3 Å². The Morgan fingerprint density at radius 2 is 2.06 bits per heavy atom. The highest BCUT2D eigenvalue weighted by Gasteiger charge is 2.23. The van der Waals surface area contributed by atoms with Crippen LogP contribution >= 0.6 is 0 Å². The standard InChI is InChI=1S/C14H18O2/c1-5-7-10-8-6-9-11(13(15)16)12(10)14(2,3)4/h5-6,8-9H,1,7H2,2-4H3,(H,15,16). The highest BCUT2D eigenvalue weighted by molar-refractivity contribution is 5.90. The molecule has 0 amide bonds. The number of rotatable bonds is 3. The van der Waals surface area contributed by atoms with Gasteiger partial charge in [-0.15, -0.1) is 6.58 Å². The van der Waals surface area contributed by atoms with E-state index in [-0.39, 0.29) is 5.41 Å². The summed E-state index contributed by atoms with van der Waals surface area (Å²) in [6.45, 7) is 9.79. The molecule has 2 nitrogen and oxygen atoms in total. The molecule has 0 aliphatic carbocycles. The molecule has 1 aromatic carbocycles. The molecule has 0 bridgehead atoms. The molecule has 1 rings (SSSR count). The van der Waals surface area contributed by atoms with Gasteiger partial charge in [-0.3, -0.25) is 0 Å². The van der Waals surface area contributed by atoms with E-state index in [4.69, 9.17) is 0 Å². The van der Waals surface area contributed by atoms with Crippen molar-refractivity contribution >= 4 is 5.97 Å². The third-order valence-electron chi connectivity index (χ3n) is 2.50. The van der Waals surface area contributed by atoms with Gasteiger partial charge in [-0.2, -0.15) is 0 Å². The van der Waals surface area contributed by atoms with Crippen LogP contribution in [-0.2, 0) is 11.8 Å². The Morgan fingerprint density at radius 1 is 1.44 bits per heavy atom. The highest BCUT2D eigenvalue weighted by Crippen LogP contribution is 2.30. The van der Waals surface area contributed by atoms with Crippen molar-refractivity contribution < 1.29 is 9.90 Å². The molecule has 0 aromatic heterocycles. The van der Waals surface area contributed by atoms with Crippen LogP contribution < -0.4 is 0 Å². The van der Waals surface area contributed by atoms with E-state index in [9.17, 15) is 9.90 Å². The maximum absolute atomic E-state index is 11.2. The molecule has 1 aromatic rings. The number of allylic oxidation sites excluding steroid dienone is 1. The largest absolute Gasteiger partial charge is 0.478 e. The van der Waals surface area contributed by atoms with Gasteiger partial charge < -0.3 is 5.11 Å². The van der Waals surface area contributed by atoms with Gasteiger partial charge in [0.1, 0.15) is 0 Å². The van der Waals surface area contributed by atoms with Crippen LogP contribution in [0.15, 0.2) is 30.9 Å². The number of carbonyl (C=O) groups is 1. The molecule has 2 heteroatoms. The molecule has 0 fully saturated rings. The van der Waals surface area contributed by atoms with Crippen molar-refractivity contribution in [2.45, 2.75) is 32.6 Å². The number of hydrogen-bond donors (Lipinski definition) is 1. The summed E-state index contributed by atoms with van der Waals surface area (Å²) >= 11 is 0. The minimum Gasteiger partial charge on any atom is -0.478 e. The minimum absolute atomic E-state index is 0.173. The first-order valence-corrected chi connectivity index (χ1v) is 5.34. The molecule has 0 aliphatic heterocycles. The van der Waals surface area contributed by atoms with Crippen molar-refractivity contribution in [3.8, 4) is 0 Å². The van der Waals surface area contributed by atoms with E-state index in [0.29, 0.717) is 12.0 Å². The Balaban J connectivity index is 3.47. The van der Waals surface area contributed by atoms with Crippen molar-refractivity contribution in [2.24, 2.45) is 0 Å². The van der Waals surface area contributed by atoms with Crippen LogP contribution in [0.1, 0.15) is 42.3 Å². The third-order valence-corrected chi connectivity index (χ3v) is 2.50. The summed E-state index contributed by atoms with van der Waals surface area (Å²) in [5.74, 6) is -0.865. The van der Waals surface area contributed by atoms with Gasteiger partial charge in [-0.25, -0.2) is 4.79 Å². The molecule has 0 unspecified atom stereocenters.